The lowest BCUT2D eigenvalue weighted by Crippen LogP contribution is -2.15. The average molecular weight is 571 g/mol. The van der Waals surface area contributed by atoms with E-state index in [0.29, 0.717) is 16.8 Å². The van der Waals surface area contributed by atoms with Crippen LogP contribution in [0.15, 0.2) is 84.4 Å². The van der Waals surface area contributed by atoms with Crippen molar-refractivity contribution < 1.29 is 0 Å². The molecule has 0 aliphatic heterocycles. The molecule has 0 unspecified atom stereocenters. The summed E-state index contributed by atoms with van der Waals surface area (Å²) in [5, 5.41) is 24.8. The molecule has 0 amide bonds. The molecule has 6 aromatic rings. The maximum atomic E-state index is 11.0. The van der Waals surface area contributed by atoms with Crippen molar-refractivity contribution in [3.63, 3.8) is 0 Å². The minimum atomic E-state index is 0.0622. The van der Waals surface area contributed by atoms with Gasteiger partial charge in [-0.25, -0.2) is 0 Å². The van der Waals surface area contributed by atoms with Gasteiger partial charge in [-0.1, -0.05) is 87.0 Å². The van der Waals surface area contributed by atoms with E-state index in [1.807, 2.05) is 36.4 Å². The molecule has 1 aliphatic carbocycles. The SMILES string of the molecule is C/C=C\c1c(C)ccc2c1c1c(n2-c2ccc(C#N)c(-n3c4ccccc4c4ccccc43)c2C#N)CCC(C(C)(C)C)=C1. The Morgan fingerprint density at radius 2 is 1.45 bits per heavy atom. The molecule has 0 radical (unpaired) electrons. The number of hydrogen-bond donors (Lipinski definition) is 0. The van der Waals surface area contributed by atoms with Gasteiger partial charge in [-0.05, 0) is 73.6 Å². The number of aryl methyl sites for hydroxylation is 1. The maximum absolute atomic E-state index is 11.0. The molecule has 4 aromatic carbocycles. The fraction of sp³-hybridized carbons (Fsp3) is 0.200. The highest BCUT2D eigenvalue weighted by Crippen LogP contribution is 2.44. The number of allylic oxidation sites excluding steroid dienone is 2. The predicted octanol–water partition coefficient (Wildman–Crippen LogP) is 10.2. The van der Waals surface area contributed by atoms with Crippen LogP contribution in [0.4, 0.5) is 0 Å². The van der Waals surface area contributed by atoms with Gasteiger partial charge in [-0.15, -0.1) is 0 Å². The van der Waals surface area contributed by atoms with E-state index in [1.165, 1.54) is 33.3 Å². The zero-order valence-electron chi connectivity index (χ0n) is 25.9. The minimum absolute atomic E-state index is 0.0622. The van der Waals surface area contributed by atoms with E-state index in [2.05, 4.69) is 111 Å². The van der Waals surface area contributed by atoms with Gasteiger partial charge in [0.25, 0.3) is 0 Å². The van der Waals surface area contributed by atoms with Crippen molar-refractivity contribution in [2.24, 2.45) is 5.41 Å². The van der Waals surface area contributed by atoms with Crippen molar-refractivity contribution in [1.82, 2.24) is 9.13 Å². The molecule has 0 spiro atoms. The Balaban J connectivity index is 1.64. The molecular formula is C40H34N4. The van der Waals surface area contributed by atoms with Gasteiger partial charge in [-0.2, -0.15) is 10.5 Å². The molecule has 0 bridgehead atoms. The highest BCUT2D eigenvalue weighted by Gasteiger charge is 2.29. The Labute approximate surface area is 258 Å². The number of rotatable bonds is 3. The number of para-hydroxylation sites is 2. The smallest absolute Gasteiger partial charge is 0.104 e. The van der Waals surface area contributed by atoms with Crippen LogP contribution in [0.3, 0.4) is 0 Å². The third kappa shape index (κ3) is 3.95. The third-order valence-electron chi connectivity index (χ3n) is 9.21. The molecule has 2 aromatic heterocycles. The molecule has 4 nitrogen and oxygen atoms in total. The first-order valence-corrected chi connectivity index (χ1v) is 15.2. The zero-order chi connectivity index (χ0) is 30.7. The normalized spacial score (nSPS) is 13.4. The van der Waals surface area contributed by atoms with Gasteiger partial charge in [0.05, 0.1) is 33.5 Å². The van der Waals surface area contributed by atoms with E-state index in [9.17, 15) is 10.5 Å². The quantitative estimate of drug-likeness (QED) is 0.213. The predicted molar refractivity (Wildman–Crippen MR) is 182 cm³/mol. The Kier molecular flexibility index (Phi) is 6.34. The van der Waals surface area contributed by atoms with Gasteiger partial charge < -0.3 is 9.13 Å². The van der Waals surface area contributed by atoms with Crippen LogP contribution in [0, 0.1) is 35.0 Å². The second-order valence-electron chi connectivity index (χ2n) is 12.8. The number of hydrogen-bond acceptors (Lipinski definition) is 2. The van der Waals surface area contributed by atoms with Crippen molar-refractivity contribution in [3.05, 3.63) is 118 Å². The summed E-state index contributed by atoms with van der Waals surface area (Å²) in [7, 11) is 0. The Morgan fingerprint density at radius 1 is 0.773 bits per heavy atom. The van der Waals surface area contributed by atoms with Crippen LogP contribution in [-0.2, 0) is 6.42 Å². The number of benzene rings is 4. The average Bonchev–Trinajstić information content (AvgIpc) is 3.53. The molecule has 0 saturated heterocycles. The van der Waals surface area contributed by atoms with E-state index in [-0.39, 0.29) is 5.41 Å². The lowest BCUT2D eigenvalue weighted by atomic mass is 9.79. The summed E-state index contributed by atoms with van der Waals surface area (Å²) in [6.07, 6.45) is 8.54. The lowest BCUT2D eigenvalue weighted by Gasteiger charge is -2.27. The van der Waals surface area contributed by atoms with Crippen LogP contribution in [0.1, 0.15) is 67.6 Å². The van der Waals surface area contributed by atoms with E-state index < -0.39 is 0 Å². The van der Waals surface area contributed by atoms with Crippen LogP contribution in [0.2, 0.25) is 0 Å². The van der Waals surface area contributed by atoms with Crippen LogP contribution in [0.25, 0.3) is 56.2 Å². The monoisotopic (exact) mass is 570 g/mol. The summed E-state index contributed by atoms with van der Waals surface area (Å²) in [6.45, 7) is 11.1. The van der Waals surface area contributed by atoms with Gasteiger partial charge in [-0.3, -0.25) is 0 Å². The number of nitriles is 2. The zero-order valence-corrected chi connectivity index (χ0v) is 25.9. The number of nitrogens with zero attached hydrogens (tertiary/aromatic N) is 4. The first-order chi connectivity index (χ1) is 21.3. The van der Waals surface area contributed by atoms with E-state index in [0.717, 1.165) is 45.9 Å². The van der Waals surface area contributed by atoms with E-state index in [4.69, 9.17) is 0 Å². The molecular weight excluding hydrogens is 536 g/mol. The van der Waals surface area contributed by atoms with E-state index >= 15 is 0 Å². The largest absolute Gasteiger partial charge is 0.312 e. The first kappa shape index (κ1) is 27.5. The Hall–Kier alpha value is -5.32. The summed E-state index contributed by atoms with van der Waals surface area (Å²) < 4.78 is 4.40. The van der Waals surface area contributed by atoms with E-state index in [1.54, 1.807) is 0 Å². The summed E-state index contributed by atoms with van der Waals surface area (Å²) in [4.78, 5) is 0. The second kappa shape index (κ2) is 10.1. The van der Waals surface area contributed by atoms with Crippen LogP contribution >= 0.6 is 0 Å². The second-order valence-corrected chi connectivity index (χ2v) is 12.8. The molecule has 2 heterocycles. The van der Waals surface area contributed by atoms with Gasteiger partial charge in [0, 0.05) is 27.4 Å². The van der Waals surface area contributed by atoms with Gasteiger partial charge in [0.2, 0.25) is 0 Å². The molecule has 0 N–H and O–H groups in total. The Bertz CT molecular complexity index is 2250. The van der Waals surface area contributed by atoms with Crippen molar-refractivity contribution in [1.29, 1.82) is 10.5 Å². The van der Waals surface area contributed by atoms with Crippen molar-refractivity contribution in [2.75, 3.05) is 0 Å². The summed E-state index contributed by atoms with van der Waals surface area (Å²) >= 11 is 0. The van der Waals surface area contributed by atoms with Crippen molar-refractivity contribution in [3.8, 4) is 23.5 Å². The fourth-order valence-corrected chi connectivity index (χ4v) is 7.10. The fourth-order valence-electron chi connectivity index (χ4n) is 7.10. The minimum Gasteiger partial charge on any atom is -0.312 e. The van der Waals surface area contributed by atoms with Crippen LogP contribution < -0.4 is 0 Å². The maximum Gasteiger partial charge on any atom is 0.104 e. The lowest BCUT2D eigenvalue weighted by molar-refractivity contribution is 0.483. The molecule has 1 aliphatic rings. The third-order valence-corrected chi connectivity index (χ3v) is 9.21. The highest BCUT2D eigenvalue weighted by molar-refractivity contribution is 6.09. The molecule has 4 heteroatoms. The Morgan fingerprint density at radius 3 is 2.07 bits per heavy atom. The number of fused-ring (bicyclic) bond motifs is 6. The van der Waals surface area contributed by atoms with Gasteiger partial charge in [0.1, 0.15) is 17.7 Å². The molecule has 44 heavy (non-hydrogen) atoms. The van der Waals surface area contributed by atoms with Crippen molar-refractivity contribution in [2.45, 2.75) is 47.5 Å². The molecule has 7 rings (SSSR count). The van der Waals surface area contributed by atoms with Crippen LogP contribution in [-0.4, -0.2) is 9.13 Å². The topological polar surface area (TPSA) is 57.4 Å². The molecule has 0 atom stereocenters. The van der Waals surface area contributed by atoms with Crippen LogP contribution in [0.5, 0.6) is 0 Å². The summed E-state index contributed by atoms with van der Waals surface area (Å²) in [5.74, 6) is 0. The van der Waals surface area contributed by atoms with Gasteiger partial charge >= 0.3 is 0 Å². The molecule has 214 valence electrons. The number of aromatic nitrogens is 2. The highest BCUT2D eigenvalue weighted by atomic mass is 15.0. The summed E-state index contributed by atoms with van der Waals surface area (Å²) in [5.41, 5.74) is 11.8. The van der Waals surface area contributed by atoms with Gasteiger partial charge in [0.15, 0.2) is 0 Å². The molecule has 0 saturated carbocycles. The van der Waals surface area contributed by atoms with Crippen molar-refractivity contribution >= 4 is 44.9 Å². The molecule has 0 fully saturated rings. The standard InChI is InChI=1S/C40H34N4/c1-6-11-28-25(2)16-19-37-38(28)31-22-27(40(3,4)5)18-21-35(31)43(37)36-20-17-26(23-41)39(32(36)24-42)44-33-14-9-7-12-29(33)30-13-8-10-15-34(30)44/h6-17,19-20,22H,18,21H2,1-5H3/b11-6-. The first-order valence-electron chi connectivity index (χ1n) is 15.2. The summed E-state index contributed by atoms with van der Waals surface area (Å²) in [6, 6.07) is 29.7.